The summed E-state index contributed by atoms with van der Waals surface area (Å²) in [6, 6.07) is 17.3. The van der Waals surface area contributed by atoms with E-state index in [0.717, 1.165) is 0 Å². The Morgan fingerprint density at radius 1 is 0.893 bits per heavy atom. The van der Waals surface area contributed by atoms with Crippen LogP contribution in [0.25, 0.3) is 0 Å². The zero-order valence-electron chi connectivity index (χ0n) is 15.2. The minimum absolute atomic E-state index is 0.203. The van der Waals surface area contributed by atoms with Crippen molar-refractivity contribution in [2.24, 2.45) is 0 Å². The molecule has 3 rings (SSSR count). The number of pyridine rings is 1. The molecule has 0 saturated carbocycles. The Bertz CT molecular complexity index is 961. The molecule has 0 bridgehead atoms. The van der Waals surface area contributed by atoms with E-state index < -0.39 is 0 Å². The zero-order chi connectivity index (χ0) is 19.8. The third-order valence-corrected chi connectivity index (χ3v) is 3.80. The molecular weight excluding hydrogens is 358 g/mol. The summed E-state index contributed by atoms with van der Waals surface area (Å²) in [6.45, 7) is -0.203. The Balaban J connectivity index is 1.64. The van der Waals surface area contributed by atoms with Gasteiger partial charge in [0.2, 0.25) is 0 Å². The fourth-order valence-electron chi connectivity index (χ4n) is 2.46. The minimum Gasteiger partial charge on any atom is -0.493 e. The quantitative estimate of drug-likeness (QED) is 0.659. The number of hydrogen-bond donors (Lipinski definition) is 2. The lowest BCUT2D eigenvalue weighted by Gasteiger charge is -2.13. The number of benzene rings is 2. The Morgan fingerprint density at radius 3 is 2.25 bits per heavy atom. The van der Waals surface area contributed by atoms with Gasteiger partial charge >= 0.3 is 0 Å². The van der Waals surface area contributed by atoms with E-state index in [4.69, 9.17) is 9.47 Å². The second kappa shape index (κ2) is 9.18. The van der Waals surface area contributed by atoms with E-state index in [-0.39, 0.29) is 18.4 Å². The monoisotopic (exact) mass is 377 g/mol. The van der Waals surface area contributed by atoms with Crippen molar-refractivity contribution in [3.8, 4) is 11.5 Å². The molecule has 142 valence electrons. The molecule has 3 aromatic rings. The number of anilines is 2. The Hall–Kier alpha value is -3.87. The van der Waals surface area contributed by atoms with Crippen LogP contribution in [0.3, 0.4) is 0 Å². The van der Waals surface area contributed by atoms with Gasteiger partial charge in [0, 0.05) is 12.4 Å². The fraction of sp³-hybridized carbons (Fsp3) is 0.0952. The van der Waals surface area contributed by atoms with Gasteiger partial charge in [0.1, 0.15) is 0 Å². The number of carbonyl (C=O) groups is 2. The molecule has 0 unspecified atom stereocenters. The van der Waals surface area contributed by atoms with Gasteiger partial charge in [-0.2, -0.15) is 0 Å². The van der Waals surface area contributed by atoms with Crippen molar-refractivity contribution in [3.63, 3.8) is 0 Å². The van der Waals surface area contributed by atoms with E-state index in [0.29, 0.717) is 28.4 Å². The molecule has 0 spiro atoms. The summed E-state index contributed by atoms with van der Waals surface area (Å²) in [6.07, 6.45) is 3.06. The number of amides is 2. The number of carbonyl (C=O) groups excluding carboxylic acids is 2. The van der Waals surface area contributed by atoms with Gasteiger partial charge in [0.15, 0.2) is 18.1 Å². The van der Waals surface area contributed by atoms with Gasteiger partial charge in [-0.3, -0.25) is 14.6 Å². The van der Waals surface area contributed by atoms with Crippen LogP contribution in [0.2, 0.25) is 0 Å². The molecule has 0 radical (unpaired) electrons. The summed E-state index contributed by atoms with van der Waals surface area (Å²) in [5, 5.41) is 5.51. The first-order chi connectivity index (χ1) is 13.7. The van der Waals surface area contributed by atoms with Crippen LogP contribution in [0.5, 0.6) is 11.5 Å². The maximum atomic E-state index is 12.3. The van der Waals surface area contributed by atoms with Gasteiger partial charge < -0.3 is 20.1 Å². The lowest BCUT2D eigenvalue weighted by atomic mass is 10.2. The number of ether oxygens (including phenoxy) is 2. The van der Waals surface area contributed by atoms with Crippen LogP contribution in [0.1, 0.15) is 10.4 Å². The van der Waals surface area contributed by atoms with Gasteiger partial charge in [-0.15, -0.1) is 0 Å². The second-order valence-corrected chi connectivity index (χ2v) is 5.73. The summed E-state index contributed by atoms with van der Waals surface area (Å²) < 4.78 is 10.7. The first-order valence-corrected chi connectivity index (χ1v) is 8.53. The van der Waals surface area contributed by atoms with E-state index in [2.05, 4.69) is 15.6 Å². The number of hydrogen-bond acceptors (Lipinski definition) is 5. The van der Waals surface area contributed by atoms with Gasteiger partial charge in [-0.1, -0.05) is 24.3 Å². The van der Waals surface area contributed by atoms with Crippen molar-refractivity contribution < 1.29 is 19.1 Å². The normalized spacial score (nSPS) is 10.0. The van der Waals surface area contributed by atoms with Crippen molar-refractivity contribution in [3.05, 3.63) is 78.6 Å². The predicted octanol–water partition coefficient (Wildman–Crippen LogP) is 3.36. The molecule has 0 fully saturated rings. The van der Waals surface area contributed by atoms with E-state index >= 15 is 0 Å². The molecule has 0 aliphatic rings. The van der Waals surface area contributed by atoms with E-state index in [1.807, 2.05) is 6.07 Å². The lowest BCUT2D eigenvalue weighted by molar-refractivity contribution is -0.118. The summed E-state index contributed by atoms with van der Waals surface area (Å²) in [4.78, 5) is 28.6. The number of nitrogens with zero attached hydrogens (tertiary/aromatic N) is 1. The average Bonchev–Trinajstić information content (AvgIpc) is 2.74. The number of rotatable bonds is 7. The smallest absolute Gasteiger partial charge is 0.262 e. The fourth-order valence-corrected chi connectivity index (χ4v) is 2.46. The Kier molecular flexibility index (Phi) is 6.20. The SMILES string of the molecule is COc1ccccc1OCC(=O)Nc1ccccc1NC(=O)c1cccnc1. The summed E-state index contributed by atoms with van der Waals surface area (Å²) in [5.41, 5.74) is 1.36. The van der Waals surface area contributed by atoms with Crippen LogP contribution in [-0.4, -0.2) is 30.5 Å². The first kappa shape index (κ1) is 18.9. The van der Waals surface area contributed by atoms with Crippen LogP contribution in [0, 0.1) is 0 Å². The topological polar surface area (TPSA) is 89.5 Å². The molecule has 0 aliphatic heterocycles. The van der Waals surface area contributed by atoms with Crippen LogP contribution < -0.4 is 20.1 Å². The van der Waals surface area contributed by atoms with Crippen LogP contribution in [0.15, 0.2) is 73.1 Å². The van der Waals surface area contributed by atoms with Crippen molar-refractivity contribution in [1.29, 1.82) is 0 Å². The molecule has 1 heterocycles. The predicted molar refractivity (Wildman–Crippen MR) is 106 cm³/mol. The third-order valence-electron chi connectivity index (χ3n) is 3.80. The number of para-hydroxylation sites is 4. The van der Waals surface area contributed by atoms with Crippen molar-refractivity contribution in [2.45, 2.75) is 0 Å². The van der Waals surface area contributed by atoms with Gasteiger partial charge in [-0.05, 0) is 36.4 Å². The molecule has 2 amide bonds. The number of aromatic nitrogens is 1. The maximum Gasteiger partial charge on any atom is 0.262 e. The van der Waals surface area contributed by atoms with Crippen molar-refractivity contribution in [1.82, 2.24) is 4.98 Å². The highest BCUT2D eigenvalue weighted by atomic mass is 16.5. The molecule has 7 heteroatoms. The maximum absolute atomic E-state index is 12.3. The molecule has 0 saturated heterocycles. The van der Waals surface area contributed by atoms with Crippen molar-refractivity contribution >= 4 is 23.2 Å². The lowest BCUT2D eigenvalue weighted by Crippen LogP contribution is -2.22. The highest BCUT2D eigenvalue weighted by Crippen LogP contribution is 2.26. The molecule has 2 N–H and O–H groups in total. The number of nitrogens with one attached hydrogen (secondary N) is 2. The molecule has 0 aliphatic carbocycles. The Labute approximate surface area is 162 Å². The third kappa shape index (κ3) is 4.85. The van der Waals surface area contributed by atoms with Crippen LogP contribution in [-0.2, 0) is 4.79 Å². The molecule has 28 heavy (non-hydrogen) atoms. The average molecular weight is 377 g/mol. The molecule has 2 aromatic carbocycles. The zero-order valence-corrected chi connectivity index (χ0v) is 15.2. The van der Waals surface area contributed by atoms with E-state index in [9.17, 15) is 9.59 Å². The summed E-state index contributed by atoms with van der Waals surface area (Å²) in [7, 11) is 1.53. The summed E-state index contributed by atoms with van der Waals surface area (Å²) in [5.74, 6) is 0.326. The van der Waals surface area contributed by atoms with Gasteiger partial charge in [-0.25, -0.2) is 0 Å². The second-order valence-electron chi connectivity index (χ2n) is 5.73. The highest BCUT2D eigenvalue weighted by molar-refractivity contribution is 6.07. The van der Waals surface area contributed by atoms with E-state index in [1.54, 1.807) is 60.8 Å². The number of methoxy groups -OCH3 is 1. The first-order valence-electron chi connectivity index (χ1n) is 8.53. The standard InChI is InChI=1S/C21H19N3O4/c1-27-18-10-4-5-11-19(18)28-14-20(25)23-16-8-2-3-9-17(16)24-21(26)15-7-6-12-22-13-15/h2-13H,14H2,1H3,(H,23,25)(H,24,26). The molecular formula is C21H19N3O4. The Morgan fingerprint density at radius 2 is 1.57 bits per heavy atom. The largest absolute Gasteiger partial charge is 0.493 e. The van der Waals surface area contributed by atoms with Gasteiger partial charge in [0.25, 0.3) is 11.8 Å². The molecule has 7 nitrogen and oxygen atoms in total. The summed E-state index contributed by atoms with van der Waals surface area (Å²) >= 11 is 0. The van der Waals surface area contributed by atoms with Crippen LogP contribution >= 0.6 is 0 Å². The highest BCUT2D eigenvalue weighted by Gasteiger charge is 2.12. The minimum atomic E-state index is -0.367. The van der Waals surface area contributed by atoms with Gasteiger partial charge in [0.05, 0.1) is 24.0 Å². The van der Waals surface area contributed by atoms with E-state index in [1.165, 1.54) is 13.3 Å². The molecule has 0 atom stereocenters. The van der Waals surface area contributed by atoms with Crippen molar-refractivity contribution in [2.75, 3.05) is 24.4 Å². The molecule has 1 aromatic heterocycles. The van der Waals surface area contributed by atoms with Crippen LogP contribution in [0.4, 0.5) is 11.4 Å².